The van der Waals surface area contributed by atoms with Crippen molar-refractivity contribution in [3.05, 3.63) is 41.7 Å². The number of rotatable bonds is 4. The van der Waals surface area contributed by atoms with Gasteiger partial charge in [0.05, 0.1) is 11.7 Å². The lowest BCUT2D eigenvalue weighted by molar-refractivity contribution is 0.0691. The van der Waals surface area contributed by atoms with Gasteiger partial charge in [-0.3, -0.25) is 9.88 Å². The van der Waals surface area contributed by atoms with Crippen molar-refractivity contribution >= 4 is 17.7 Å². The van der Waals surface area contributed by atoms with Gasteiger partial charge in [0.15, 0.2) is 0 Å². The first-order valence-corrected chi connectivity index (χ1v) is 6.39. The summed E-state index contributed by atoms with van der Waals surface area (Å²) in [7, 11) is 0. The molecule has 1 aromatic rings. The van der Waals surface area contributed by atoms with Crippen LogP contribution in [-0.4, -0.2) is 26.6 Å². The summed E-state index contributed by atoms with van der Waals surface area (Å²) in [6.45, 7) is 9.24. The fourth-order valence-electron chi connectivity index (χ4n) is 2.01. The second-order valence-corrected chi connectivity index (χ2v) is 5.70. The van der Waals surface area contributed by atoms with Gasteiger partial charge in [0.1, 0.15) is 0 Å². The maximum Gasteiger partial charge on any atom is 0.408 e. The molecule has 0 aliphatic carbocycles. The van der Waals surface area contributed by atoms with Crippen LogP contribution in [0.25, 0.3) is 0 Å². The quantitative estimate of drug-likeness (QED) is 0.845. The lowest BCUT2D eigenvalue weighted by Crippen LogP contribution is -2.47. The van der Waals surface area contributed by atoms with Gasteiger partial charge in [0, 0.05) is 16.8 Å². The van der Waals surface area contributed by atoms with E-state index < -0.39 is 17.7 Å². The Bertz CT molecular complexity index is 469. The van der Waals surface area contributed by atoms with E-state index in [4.69, 9.17) is 11.6 Å². The minimum atomic E-state index is -0.985. The Morgan fingerprint density at radius 2 is 2.26 bits per heavy atom. The van der Waals surface area contributed by atoms with Gasteiger partial charge in [-0.05, 0) is 39.3 Å². The summed E-state index contributed by atoms with van der Waals surface area (Å²) >= 11 is 5.96. The topological polar surface area (TPSA) is 53.4 Å². The minimum Gasteiger partial charge on any atom is -0.465 e. The highest BCUT2D eigenvalue weighted by atomic mass is 35.5. The van der Waals surface area contributed by atoms with Crippen LogP contribution in [-0.2, 0) is 0 Å². The molecule has 0 radical (unpaired) electrons. The second-order valence-electron chi connectivity index (χ2n) is 5.26. The van der Waals surface area contributed by atoms with Crippen molar-refractivity contribution < 1.29 is 9.90 Å². The second kappa shape index (κ2) is 6.06. The van der Waals surface area contributed by atoms with Gasteiger partial charge in [-0.15, -0.1) is 6.58 Å². The smallest absolute Gasteiger partial charge is 0.408 e. The molecule has 0 spiro atoms. The Morgan fingerprint density at radius 3 is 2.68 bits per heavy atom. The van der Waals surface area contributed by atoms with Crippen LogP contribution in [0.2, 0.25) is 5.02 Å². The molecule has 5 heteroatoms. The number of hydrogen-bond donors (Lipinski definition) is 1. The lowest BCUT2D eigenvalue weighted by atomic mass is 9.99. The molecule has 1 rings (SSSR count). The highest BCUT2D eigenvalue weighted by Gasteiger charge is 2.34. The number of nitrogens with zero attached hydrogens (tertiary/aromatic N) is 2. The van der Waals surface area contributed by atoms with Crippen LogP contribution in [0.1, 0.15) is 38.9 Å². The fraction of sp³-hybridized carbons (Fsp3) is 0.429. The third kappa shape index (κ3) is 3.96. The maximum atomic E-state index is 11.6. The number of halogens is 1. The van der Waals surface area contributed by atoms with Crippen LogP contribution in [0, 0.1) is 0 Å². The van der Waals surface area contributed by atoms with E-state index in [9.17, 15) is 9.90 Å². The number of carboxylic acid groups (broad SMARTS) is 1. The van der Waals surface area contributed by atoms with Crippen LogP contribution < -0.4 is 0 Å². The van der Waals surface area contributed by atoms with E-state index in [0.717, 1.165) is 0 Å². The monoisotopic (exact) mass is 282 g/mol. The summed E-state index contributed by atoms with van der Waals surface area (Å²) < 4.78 is 0. The molecule has 0 bridgehead atoms. The fourth-order valence-corrected chi connectivity index (χ4v) is 2.18. The van der Waals surface area contributed by atoms with Crippen LogP contribution in [0.3, 0.4) is 0 Å². The molecule has 0 aromatic carbocycles. The average molecular weight is 283 g/mol. The zero-order chi connectivity index (χ0) is 14.6. The molecule has 1 aromatic heterocycles. The van der Waals surface area contributed by atoms with Gasteiger partial charge in [-0.25, -0.2) is 4.79 Å². The van der Waals surface area contributed by atoms with Crippen LogP contribution in [0.5, 0.6) is 0 Å². The van der Waals surface area contributed by atoms with E-state index in [0.29, 0.717) is 17.1 Å². The Labute approximate surface area is 118 Å². The Hall–Kier alpha value is -1.55. The van der Waals surface area contributed by atoms with Gasteiger partial charge in [-0.2, -0.15) is 0 Å². The van der Waals surface area contributed by atoms with E-state index in [1.807, 2.05) is 20.8 Å². The van der Waals surface area contributed by atoms with Gasteiger partial charge in [0.2, 0.25) is 0 Å². The largest absolute Gasteiger partial charge is 0.465 e. The predicted molar refractivity (Wildman–Crippen MR) is 76.4 cm³/mol. The van der Waals surface area contributed by atoms with Gasteiger partial charge in [-0.1, -0.05) is 17.7 Å². The zero-order valence-electron chi connectivity index (χ0n) is 11.4. The first-order chi connectivity index (χ1) is 8.77. The Balaban J connectivity index is 3.25. The molecule has 104 valence electrons. The van der Waals surface area contributed by atoms with Crippen molar-refractivity contribution in [1.29, 1.82) is 0 Å². The maximum absolute atomic E-state index is 11.6. The van der Waals surface area contributed by atoms with Crippen molar-refractivity contribution in [3.8, 4) is 0 Å². The Kier molecular flexibility index (Phi) is 4.95. The van der Waals surface area contributed by atoms with Gasteiger partial charge < -0.3 is 5.11 Å². The molecule has 0 unspecified atom stereocenters. The average Bonchev–Trinajstić information content (AvgIpc) is 2.26. The highest BCUT2D eigenvalue weighted by molar-refractivity contribution is 6.30. The molecule has 4 nitrogen and oxygen atoms in total. The molecule has 1 atom stereocenters. The molecule has 1 amide bonds. The summed E-state index contributed by atoms with van der Waals surface area (Å²) in [4.78, 5) is 17.2. The summed E-state index contributed by atoms with van der Waals surface area (Å²) in [6, 6.07) is 2.96. The van der Waals surface area contributed by atoms with Gasteiger partial charge >= 0.3 is 6.09 Å². The molecule has 19 heavy (non-hydrogen) atoms. The van der Waals surface area contributed by atoms with E-state index in [1.165, 1.54) is 4.90 Å². The minimum absolute atomic E-state index is 0.395. The van der Waals surface area contributed by atoms with Crippen molar-refractivity contribution in [2.75, 3.05) is 0 Å². The number of hydrogen-bond acceptors (Lipinski definition) is 2. The lowest BCUT2D eigenvalue weighted by Gasteiger charge is -2.39. The molecule has 0 aliphatic rings. The molecule has 0 saturated carbocycles. The number of carbonyl (C=O) groups is 1. The van der Waals surface area contributed by atoms with Crippen LogP contribution in [0.4, 0.5) is 4.79 Å². The summed E-state index contributed by atoms with van der Waals surface area (Å²) in [5.74, 6) is 0. The molecule has 0 saturated heterocycles. The molecule has 1 heterocycles. The van der Waals surface area contributed by atoms with E-state index in [1.54, 1.807) is 24.4 Å². The number of aromatic nitrogens is 1. The van der Waals surface area contributed by atoms with Crippen molar-refractivity contribution in [2.24, 2.45) is 0 Å². The van der Waals surface area contributed by atoms with Crippen molar-refractivity contribution in [3.63, 3.8) is 0 Å². The highest BCUT2D eigenvalue weighted by Crippen LogP contribution is 2.31. The third-order valence-corrected chi connectivity index (χ3v) is 2.95. The molecule has 0 fully saturated rings. The first kappa shape index (κ1) is 15.5. The van der Waals surface area contributed by atoms with Crippen molar-refractivity contribution in [2.45, 2.75) is 38.8 Å². The summed E-state index contributed by atoms with van der Waals surface area (Å²) in [5, 5.41) is 10.0. The number of amides is 1. The van der Waals surface area contributed by atoms with E-state index in [-0.39, 0.29) is 0 Å². The molecule has 0 aliphatic heterocycles. The van der Waals surface area contributed by atoms with Crippen molar-refractivity contribution in [1.82, 2.24) is 9.88 Å². The zero-order valence-corrected chi connectivity index (χ0v) is 12.2. The normalized spacial score (nSPS) is 12.8. The van der Waals surface area contributed by atoms with Crippen LogP contribution >= 0.6 is 11.6 Å². The Morgan fingerprint density at radius 1 is 1.63 bits per heavy atom. The van der Waals surface area contributed by atoms with E-state index >= 15 is 0 Å². The first-order valence-electron chi connectivity index (χ1n) is 6.02. The summed E-state index contributed by atoms with van der Waals surface area (Å²) in [5.41, 5.74) is 0.0912. The SMILES string of the molecule is C=CC[C@@H](c1cc(Cl)ccn1)N(C(=O)O)C(C)(C)C. The standard InChI is InChI=1S/C14H19ClN2O2/c1-5-6-12(11-9-10(15)7-8-16-11)17(13(18)19)14(2,3)4/h5,7-9,12H,1,6H2,2-4H3,(H,18,19)/t12-/m0/s1. The summed E-state index contributed by atoms with van der Waals surface area (Å²) in [6.07, 6.45) is 2.77. The molecule has 1 N–H and O–H groups in total. The van der Waals surface area contributed by atoms with Gasteiger partial charge in [0.25, 0.3) is 0 Å². The van der Waals surface area contributed by atoms with E-state index in [2.05, 4.69) is 11.6 Å². The predicted octanol–water partition coefficient (Wildman–Crippen LogP) is 4.13. The molecular formula is C14H19ClN2O2. The number of pyridine rings is 1. The molecular weight excluding hydrogens is 264 g/mol. The van der Waals surface area contributed by atoms with Crippen LogP contribution in [0.15, 0.2) is 31.0 Å². The third-order valence-electron chi connectivity index (χ3n) is 2.71.